The number of benzene rings is 1. The van der Waals surface area contributed by atoms with Crippen molar-refractivity contribution in [3.05, 3.63) is 28.9 Å². The van der Waals surface area contributed by atoms with E-state index in [4.69, 9.17) is 11.6 Å². The van der Waals surface area contributed by atoms with Gasteiger partial charge in [0.05, 0.1) is 5.52 Å². The molecule has 0 spiro atoms. The van der Waals surface area contributed by atoms with Gasteiger partial charge in [-0.1, -0.05) is 17.7 Å². The van der Waals surface area contributed by atoms with E-state index in [0.29, 0.717) is 11.2 Å². The Kier molecular flexibility index (Phi) is 3.17. The van der Waals surface area contributed by atoms with Crippen LogP contribution in [0.15, 0.2) is 18.2 Å². The largest absolute Gasteiger partial charge is 0.316 e. The first-order chi connectivity index (χ1) is 7.63. The second kappa shape index (κ2) is 4.44. The van der Waals surface area contributed by atoms with Crippen molar-refractivity contribution in [1.29, 1.82) is 0 Å². The molecule has 2 rings (SSSR count). The molecule has 86 valence electrons. The summed E-state index contributed by atoms with van der Waals surface area (Å²) in [5.41, 5.74) is 2.35. The van der Waals surface area contributed by atoms with E-state index in [1.54, 1.807) is 0 Å². The predicted molar refractivity (Wildman–Crippen MR) is 67.9 cm³/mol. The van der Waals surface area contributed by atoms with Crippen LogP contribution in [0.1, 0.15) is 25.5 Å². The molecule has 0 radical (unpaired) electrons. The minimum atomic E-state index is 0.319. The first kappa shape index (κ1) is 11.4. The number of hydrogen-bond donors (Lipinski definition) is 1. The van der Waals surface area contributed by atoms with Crippen molar-refractivity contribution in [1.82, 2.24) is 15.1 Å². The Morgan fingerprint density at radius 3 is 2.81 bits per heavy atom. The summed E-state index contributed by atoms with van der Waals surface area (Å²) in [4.78, 5) is 0. The number of nitrogens with one attached hydrogen (secondary N) is 1. The SMILES string of the molecule is CNCc1ccc2c(Cl)nn(C(C)C)c2c1. The van der Waals surface area contributed by atoms with E-state index < -0.39 is 0 Å². The smallest absolute Gasteiger partial charge is 0.158 e. The summed E-state index contributed by atoms with van der Waals surface area (Å²) in [6, 6.07) is 6.58. The lowest BCUT2D eigenvalue weighted by Crippen LogP contribution is -2.06. The molecule has 0 amide bonds. The Bertz CT molecular complexity index is 502. The Hall–Kier alpha value is -1.06. The molecule has 0 atom stereocenters. The molecule has 1 N–H and O–H groups in total. The standard InChI is InChI=1S/C12H16ClN3/c1-8(2)16-11-6-9(7-14-3)4-5-10(11)12(13)15-16/h4-6,8,14H,7H2,1-3H3. The zero-order valence-electron chi connectivity index (χ0n) is 9.79. The van der Waals surface area contributed by atoms with Crippen LogP contribution < -0.4 is 5.32 Å². The third kappa shape index (κ3) is 1.93. The quantitative estimate of drug-likeness (QED) is 0.890. The van der Waals surface area contributed by atoms with Gasteiger partial charge >= 0.3 is 0 Å². The van der Waals surface area contributed by atoms with Crippen molar-refractivity contribution < 1.29 is 0 Å². The molecule has 0 bridgehead atoms. The van der Waals surface area contributed by atoms with Crippen LogP contribution in [0.25, 0.3) is 10.9 Å². The lowest BCUT2D eigenvalue weighted by atomic mass is 10.1. The van der Waals surface area contributed by atoms with Gasteiger partial charge in [-0.05, 0) is 38.6 Å². The van der Waals surface area contributed by atoms with E-state index >= 15 is 0 Å². The molecule has 0 saturated heterocycles. The lowest BCUT2D eigenvalue weighted by molar-refractivity contribution is 0.551. The van der Waals surface area contributed by atoms with E-state index in [9.17, 15) is 0 Å². The third-order valence-electron chi connectivity index (χ3n) is 2.60. The molecule has 1 aromatic carbocycles. The number of fused-ring (bicyclic) bond motifs is 1. The first-order valence-corrected chi connectivity index (χ1v) is 5.82. The second-order valence-corrected chi connectivity index (χ2v) is 4.57. The minimum Gasteiger partial charge on any atom is -0.316 e. The lowest BCUT2D eigenvalue weighted by Gasteiger charge is -2.07. The van der Waals surface area contributed by atoms with Crippen molar-refractivity contribution in [2.75, 3.05) is 7.05 Å². The van der Waals surface area contributed by atoms with Crippen LogP contribution in [-0.4, -0.2) is 16.8 Å². The molecular formula is C12H16ClN3. The molecule has 16 heavy (non-hydrogen) atoms. The van der Waals surface area contributed by atoms with E-state index in [0.717, 1.165) is 17.4 Å². The van der Waals surface area contributed by atoms with E-state index in [1.165, 1.54) is 5.56 Å². The van der Waals surface area contributed by atoms with Crippen molar-refractivity contribution in [2.24, 2.45) is 0 Å². The Labute approximate surface area is 100 Å². The summed E-state index contributed by atoms with van der Waals surface area (Å²) >= 11 is 6.10. The average Bonchev–Trinajstić information content (AvgIpc) is 2.57. The zero-order valence-corrected chi connectivity index (χ0v) is 10.5. The van der Waals surface area contributed by atoms with Gasteiger partial charge in [-0.25, -0.2) is 0 Å². The molecule has 1 heterocycles. The van der Waals surface area contributed by atoms with Gasteiger partial charge in [0.1, 0.15) is 0 Å². The number of hydrogen-bond acceptors (Lipinski definition) is 2. The Morgan fingerprint density at radius 2 is 2.19 bits per heavy atom. The molecule has 0 aliphatic carbocycles. The van der Waals surface area contributed by atoms with Gasteiger partial charge in [0, 0.05) is 18.0 Å². The summed E-state index contributed by atoms with van der Waals surface area (Å²) in [6.45, 7) is 5.07. The molecule has 1 aromatic heterocycles. The maximum Gasteiger partial charge on any atom is 0.158 e. The van der Waals surface area contributed by atoms with Gasteiger partial charge in [-0.3, -0.25) is 4.68 Å². The van der Waals surface area contributed by atoms with Crippen LogP contribution >= 0.6 is 11.6 Å². The summed E-state index contributed by atoms with van der Waals surface area (Å²) < 4.78 is 1.97. The van der Waals surface area contributed by atoms with Crippen LogP contribution in [0.2, 0.25) is 5.15 Å². The molecule has 2 aromatic rings. The highest BCUT2D eigenvalue weighted by atomic mass is 35.5. The number of halogens is 1. The highest BCUT2D eigenvalue weighted by molar-refractivity contribution is 6.34. The maximum atomic E-state index is 6.10. The van der Waals surface area contributed by atoms with Crippen LogP contribution in [0.3, 0.4) is 0 Å². The van der Waals surface area contributed by atoms with Gasteiger partial charge in [0.25, 0.3) is 0 Å². The van der Waals surface area contributed by atoms with Gasteiger partial charge in [-0.15, -0.1) is 0 Å². The first-order valence-electron chi connectivity index (χ1n) is 5.44. The summed E-state index contributed by atoms with van der Waals surface area (Å²) in [5, 5.41) is 9.10. The molecular weight excluding hydrogens is 222 g/mol. The van der Waals surface area contributed by atoms with Crippen molar-refractivity contribution in [2.45, 2.75) is 26.4 Å². The molecule has 0 aliphatic rings. The second-order valence-electron chi connectivity index (χ2n) is 4.21. The topological polar surface area (TPSA) is 29.9 Å². The third-order valence-corrected chi connectivity index (χ3v) is 2.88. The Balaban J connectivity index is 2.60. The van der Waals surface area contributed by atoms with Crippen LogP contribution in [0.5, 0.6) is 0 Å². The number of rotatable bonds is 3. The minimum absolute atomic E-state index is 0.319. The highest BCUT2D eigenvalue weighted by Crippen LogP contribution is 2.26. The zero-order chi connectivity index (χ0) is 11.7. The van der Waals surface area contributed by atoms with E-state index in [1.807, 2.05) is 17.8 Å². The summed E-state index contributed by atoms with van der Waals surface area (Å²) in [6.07, 6.45) is 0. The fourth-order valence-corrected chi connectivity index (χ4v) is 2.09. The molecule has 0 unspecified atom stereocenters. The normalized spacial score (nSPS) is 11.6. The fourth-order valence-electron chi connectivity index (χ4n) is 1.85. The molecule has 0 aliphatic heterocycles. The summed E-state index contributed by atoms with van der Waals surface area (Å²) in [7, 11) is 1.94. The fraction of sp³-hybridized carbons (Fsp3) is 0.417. The van der Waals surface area contributed by atoms with Crippen molar-refractivity contribution in [3.8, 4) is 0 Å². The predicted octanol–water partition coefficient (Wildman–Crippen LogP) is 2.99. The maximum absolute atomic E-state index is 6.10. The number of nitrogens with zero attached hydrogens (tertiary/aromatic N) is 2. The van der Waals surface area contributed by atoms with Gasteiger partial charge in [0.15, 0.2) is 5.15 Å². The number of aromatic nitrogens is 2. The molecule has 0 fully saturated rings. The van der Waals surface area contributed by atoms with Crippen LogP contribution in [0.4, 0.5) is 0 Å². The average molecular weight is 238 g/mol. The van der Waals surface area contributed by atoms with E-state index in [2.05, 4.69) is 36.4 Å². The molecule has 3 nitrogen and oxygen atoms in total. The van der Waals surface area contributed by atoms with Gasteiger partial charge in [-0.2, -0.15) is 5.10 Å². The summed E-state index contributed by atoms with van der Waals surface area (Å²) in [5.74, 6) is 0. The van der Waals surface area contributed by atoms with Crippen molar-refractivity contribution in [3.63, 3.8) is 0 Å². The van der Waals surface area contributed by atoms with Gasteiger partial charge in [0.2, 0.25) is 0 Å². The monoisotopic (exact) mass is 237 g/mol. The van der Waals surface area contributed by atoms with Crippen molar-refractivity contribution >= 4 is 22.5 Å². The Morgan fingerprint density at radius 1 is 1.44 bits per heavy atom. The van der Waals surface area contributed by atoms with E-state index in [-0.39, 0.29) is 0 Å². The molecule has 0 saturated carbocycles. The highest BCUT2D eigenvalue weighted by Gasteiger charge is 2.11. The van der Waals surface area contributed by atoms with Gasteiger partial charge < -0.3 is 5.32 Å². The van der Waals surface area contributed by atoms with Crippen LogP contribution in [-0.2, 0) is 6.54 Å². The molecule has 4 heteroatoms. The van der Waals surface area contributed by atoms with Crippen LogP contribution in [0, 0.1) is 0 Å².